The topological polar surface area (TPSA) is 22.8 Å². The monoisotopic (exact) mass is 415 g/mol. The predicted molar refractivity (Wildman–Crippen MR) is 135 cm³/mol. The number of para-hydroxylation sites is 1. The third kappa shape index (κ3) is 2.57. The van der Waals surface area contributed by atoms with Crippen LogP contribution in [0.4, 0.5) is 0 Å². The van der Waals surface area contributed by atoms with Crippen LogP contribution in [0.25, 0.3) is 44.1 Å². The predicted octanol–water partition coefficient (Wildman–Crippen LogP) is 7.23. The molecule has 0 aliphatic heterocycles. The summed E-state index contributed by atoms with van der Waals surface area (Å²) in [4.78, 5) is 4.51. The van der Waals surface area contributed by atoms with Crippen LogP contribution in [0, 0.1) is 0 Å². The van der Waals surface area contributed by atoms with Crippen molar-refractivity contribution in [1.82, 2.24) is 14.1 Å². The zero-order valence-electron chi connectivity index (χ0n) is 18.1. The van der Waals surface area contributed by atoms with Gasteiger partial charge in [0.05, 0.1) is 16.6 Å². The third-order valence-corrected chi connectivity index (χ3v) is 6.73. The first-order chi connectivity index (χ1) is 15.8. The molecule has 6 rings (SSSR count). The summed E-state index contributed by atoms with van der Waals surface area (Å²) in [6, 6.07) is 17.5. The average molecular weight is 416 g/mol. The number of aryl methyl sites for hydroxylation is 1. The number of allylic oxidation sites excluding steroid dienone is 4. The minimum Gasteiger partial charge on any atom is -0.313 e. The van der Waals surface area contributed by atoms with E-state index in [1.54, 1.807) is 0 Å². The Morgan fingerprint density at radius 1 is 0.906 bits per heavy atom. The molecule has 2 aromatic carbocycles. The van der Waals surface area contributed by atoms with Gasteiger partial charge >= 0.3 is 0 Å². The van der Waals surface area contributed by atoms with Crippen LogP contribution in [0.3, 0.4) is 0 Å². The Morgan fingerprint density at radius 2 is 1.75 bits per heavy atom. The molecule has 3 nitrogen and oxygen atoms in total. The SMILES string of the molecule is C=C/C=C(\C=C)n1c2ccncc2c2c3c(ccc21)c1c(n3-c2ccccc2)CCCC1. The Bertz CT molecular complexity index is 1540. The van der Waals surface area contributed by atoms with Gasteiger partial charge in [-0.15, -0.1) is 0 Å². The number of fused-ring (bicyclic) bond motifs is 7. The van der Waals surface area contributed by atoms with Gasteiger partial charge in [-0.25, -0.2) is 0 Å². The fraction of sp³-hybridized carbons (Fsp3) is 0.138. The van der Waals surface area contributed by atoms with E-state index in [1.165, 1.54) is 51.6 Å². The molecule has 0 spiro atoms. The van der Waals surface area contributed by atoms with Crippen LogP contribution in [0.5, 0.6) is 0 Å². The summed E-state index contributed by atoms with van der Waals surface area (Å²) in [5, 5.41) is 3.78. The minimum absolute atomic E-state index is 1.01. The van der Waals surface area contributed by atoms with Crippen molar-refractivity contribution < 1.29 is 0 Å². The maximum absolute atomic E-state index is 4.51. The first-order valence-electron chi connectivity index (χ1n) is 11.3. The lowest BCUT2D eigenvalue weighted by atomic mass is 9.95. The van der Waals surface area contributed by atoms with Crippen LogP contribution >= 0.6 is 0 Å². The molecule has 0 N–H and O–H groups in total. The number of hydrogen-bond acceptors (Lipinski definition) is 1. The van der Waals surface area contributed by atoms with E-state index in [0.29, 0.717) is 0 Å². The highest BCUT2D eigenvalue weighted by Gasteiger charge is 2.25. The second-order valence-electron chi connectivity index (χ2n) is 8.42. The Labute approximate surface area is 187 Å². The quantitative estimate of drug-likeness (QED) is 0.284. The van der Waals surface area contributed by atoms with Crippen molar-refractivity contribution in [2.75, 3.05) is 0 Å². The van der Waals surface area contributed by atoms with Gasteiger partial charge in [0.25, 0.3) is 0 Å². The van der Waals surface area contributed by atoms with Crippen molar-refractivity contribution >= 4 is 38.4 Å². The van der Waals surface area contributed by atoms with Crippen LogP contribution in [-0.4, -0.2) is 14.1 Å². The fourth-order valence-electron chi connectivity index (χ4n) is 5.47. The van der Waals surface area contributed by atoms with Crippen molar-refractivity contribution in [2.24, 2.45) is 0 Å². The molecule has 1 aliphatic carbocycles. The van der Waals surface area contributed by atoms with Gasteiger partial charge in [0.15, 0.2) is 0 Å². The van der Waals surface area contributed by atoms with Crippen molar-refractivity contribution in [3.8, 4) is 5.69 Å². The molecule has 156 valence electrons. The van der Waals surface area contributed by atoms with Crippen LogP contribution in [0.1, 0.15) is 24.1 Å². The average Bonchev–Trinajstić information content (AvgIpc) is 3.36. The lowest BCUT2D eigenvalue weighted by molar-refractivity contribution is 0.667. The standard InChI is InChI=1S/C29H25N3/c1-3-10-20(4-2)31-26-17-18-30-19-24(26)28-27(31)16-15-23-22-13-8-9-14-25(22)32(29(23)28)21-11-6-5-7-12-21/h3-7,10-12,15-19H,1-2,8-9,13-14H2/b20-10+. The molecule has 3 heteroatoms. The highest BCUT2D eigenvalue weighted by molar-refractivity contribution is 6.22. The highest BCUT2D eigenvalue weighted by atomic mass is 15.0. The molecular formula is C29H25N3. The second-order valence-corrected chi connectivity index (χ2v) is 8.42. The first-order valence-corrected chi connectivity index (χ1v) is 11.3. The highest BCUT2D eigenvalue weighted by Crippen LogP contribution is 2.42. The van der Waals surface area contributed by atoms with Crippen LogP contribution in [0.2, 0.25) is 0 Å². The molecular weight excluding hydrogens is 390 g/mol. The zero-order chi connectivity index (χ0) is 21.7. The maximum Gasteiger partial charge on any atom is 0.0635 e. The summed E-state index contributed by atoms with van der Waals surface area (Å²) in [5.74, 6) is 0. The van der Waals surface area contributed by atoms with Gasteiger partial charge in [-0.3, -0.25) is 4.98 Å². The van der Waals surface area contributed by atoms with Crippen molar-refractivity contribution in [1.29, 1.82) is 0 Å². The van der Waals surface area contributed by atoms with Crippen LogP contribution < -0.4 is 0 Å². The Kier molecular flexibility index (Phi) is 4.36. The van der Waals surface area contributed by atoms with E-state index >= 15 is 0 Å². The van der Waals surface area contributed by atoms with Crippen LogP contribution in [0.15, 0.2) is 92.3 Å². The molecule has 0 fully saturated rings. The molecule has 1 aliphatic rings. The van der Waals surface area contributed by atoms with Gasteiger partial charge in [0.1, 0.15) is 0 Å². The summed E-state index contributed by atoms with van der Waals surface area (Å²) in [5.41, 5.74) is 8.79. The first kappa shape index (κ1) is 18.9. The summed E-state index contributed by atoms with van der Waals surface area (Å²) in [6.07, 6.45) is 14.3. The third-order valence-electron chi connectivity index (χ3n) is 6.73. The Morgan fingerprint density at radius 3 is 2.56 bits per heavy atom. The fourth-order valence-corrected chi connectivity index (χ4v) is 5.47. The summed E-state index contributed by atoms with van der Waals surface area (Å²) in [7, 11) is 0. The molecule has 0 radical (unpaired) electrons. The van der Waals surface area contributed by atoms with Gasteiger partial charge < -0.3 is 9.13 Å². The summed E-state index contributed by atoms with van der Waals surface area (Å²) >= 11 is 0. The van der Waals surface area contributed by atoms with E-state index in [2.05, 4.69) is 75.8 Å². The number of pyridine rings is 1. The van der Waals surface area contributed by atoms with Gasteiger partial charge in [0, 0.05) is 45.6 Å². The molecule has 5 aromatic rings. The van der Waals surface area contributed by atoms with Gasteiger partial charge in [0.2, 0.25) is 0 Å². The van der Waals surface area contributed by atoms with E-state index in [4.69, 9.17) is 0 Å². The Hall–Kier alpha value is -3.85. The molecule has 0 amide bonds. The molecule has 0 saturated carbocycles. The van der Waals surface area contributed by atoms with E-state index < -0.39 is 0 Å². The molecule has 0 saturated heterocycles. The van der Waals surface area contributed by atoms with Gasteiger partial charge in [-0.1, -0.05) is 43.5 Å². The van der Waals surface area contributed by atoms with Crippen LogP contribution in [-0.2, 0) is 12.8 Å². The second kappa shape index (κ2) is 7.38. The number of aromatic nitrogens is 3. The molecule has 32 heavy (non-hydrogen) atoms. The summed E-state index contributed by atoms with van der Waals surface area (Å²) in [6.45, 7) is 7.98. The lowest BCUT2D eigenvalue weighted by Crippen LogP contribution is -2.06. The van der Waals surface area contributed by atoms with E-state index in [-0.39, 0.29) is 0 Å². The van der Waals surface area contributed by atoms with Gasteiger partial charge in [-0.05, 0) is 67.7 Å². The van der Waals surface area contributed by atoms with E-state index in [0.717, 1.165) is 29.4 Å². The molecule has 3 aromatic heterocycles. The smallest absolute Gasteiger partial charge is 0.0635 e. The lowest BCUT2D eigenvalue weighted by Gasteiger charge is -2.16. The van der Waals surface area contributed by atoms with E-state index in [9.17, 15) is 0 Å². The van der Waals surface area contributed by atoms with Gasteiger partial charge in [-0.2, -0.15) is 0 Å². The van der Waals surface area contributed by atoms with Crippen molar-refractivity contribution in [3.05, 3.63) is 104 Å². The molecule has 0 atom stereocenters. The maximum atomic E-state index is 4.51. The number of nitrogens with zero attached hydrogens (tertiary/aromatic N) is 3. The molecule has 0 bridgehead atoms. The number of rotatable bonds is 4. The largest absolute Gasteiger partial charge is 0.313 e. The van der Waals surface area contributed by atoms with E-state index in [1.807, 2.05) is 30.6 Å². The number of hydrogen-bond donors (Lipinski definition) is 0. The molecule has 3 heterocycles. The summed E-state index contributed by atoms with van der Waals surface area (Å²) < 4.78 is 4.79. The zero-order valence-corrected chi connectivity index (χ0v) is 18.1. The van der Waals surface area contributed by atoms with Crippen molar-refractivity contribution in [3.63, 3.8) is 0 Å². The minimum atomic E-state index is 1.01. The normalized spacial score (nSPS) is 14.2. The Balaban J connectivity index is 1.87. The van der Waals surface area contributed by atoms with Crippen molar-refractivity contribution in [2.45, 2.75) is 25.7 Å². The molecule has 0 unspecified atom stereocenters. The number of benzene rings is 2.